The second-order valence-electron chi connectivity index (χ2n) is 5.32. The molecule has 3 unspecified atom stereocenters. The van der Waals surface area contributed by atoms with Crippen molar-refractivity contribution >= 4 is 21.8 Å². The maximum atomic E-state index is 12.1. The second-order valence-corrected chi connectivity index (χ2v) is 7.25. The summed E-state index contributed by atoms with van der Waals surface area (Å²) in [6.45, 7) is 2.17. The van der Waals surface area contributed by atoms with Gasteiger partial charge in [-0.3, -0.25) is 4.79 Å². The highest BCUT2D eigenvalue weighted by molar-refractivity contribution is 7.94. The molecule has 0 aromatic heterocycles. The minimum Gasteiger partial charge on any atom is -0.481 e. The smallest absolute Gasteiger partial charge is 0.318 e. The van der Waals surface area contributed by atoms with Crippen molar-refractivity contribution in [3.05, 3.63) is 11.5 Å². The van der Waals surface area contributed by atoms with Gasteiger partial charge < -0.3 is 15.3 Å². The third-order valence-corrected chi connectivity index (χ3v) is 5.12. The summed E-state index contributed by atoms with van der Waals surface area (Å²) in [5, 5.41) is 12.7. The van der Waals surface area contributed by atoms with E-state index in [9.17, 15) is 18.0 Å². The Bertz CT molecular complexity index is 542. The number of rotatable bonds is 2. The van der Waals surface area contributed by atoms with E-state index in [-0.39, 0.29) is 17.8 Å². The quantitative estimate of drug-likeness (QED) is 0.758. The number of carboxylic acid groups (broad SMARTS) is 1. The maximum absolute atomic E-state index is 12.1. The SMILES string of the molecule is CC1CC(C(=O)O)CCN1C(=O)NC1C=CS(=O)(=O)C1. The third kappa shape index (κ3) is 3.30. The van der Waals surface area contributed by atoms with Crippen LogP contribution in [0.3, 0.4) is 0 Å². The average Bonchev–Trinajstić information content (AvgIpc) is 2.68. The van der Waals surface area contributed by atoms with Crippen molar-refractivity contribution in [2.24, 2.45) is 5.92 Å². The largest absolute Gasteiger partial charge is 0.481 e. The molecule has 0 aliphatic carbocycles. The summed E-state index contributed by atoms with van der Waals surface area (Å²) in [7, 11) is -3.20. The third-order valence-electron chi connectivity index (χ3n) is 3.73. The van der Waals surface area contributed by atoms with Crippen LogP contribution in [0.4, 0.5) is 4.79 Å². The van der Waals surface area contributed by atoms with Crippen molar-refractivity contribution in [3.63, 3.8) is 0 Å². The Balaban J connectivity index is 1.91. The summed E-state index contributed by atoms with van der Waals surface area (Å²) in [6, 6.07) is -1.02. The van der Waals surface area contributed by atoms with E-state index >= 15 is 0 Å². The first-order chi connectivity index (χ1) is 9.28. The number of carbonyl (C=O) groups is 2. The fourth-order valence-corrected chi connectivity index (χ4v) is 3.84. The summed E-state index contributed by atoms with van der Waals surface area (Å²) >= 11 is 0. The summed E-state index contributed by atoms with van der Waals surface area (Å²) in [6.07, 6.45) is 2.30. The van der Waals surface area contributed by atoms with Gasteiger partial charge in [-0.05, 0) is 25.8 Å². The molecule has 0 spiro atoms. The number of aliphatic carboxylic acids is 1. The summed E-state index contributed by atoms with van der Waals surface area (Å²) in [5.74, 6) is -1.36. The van der Waals surface area contributed by atoms with Crippen molar-refractivity contribution in [1.82, 2.24) is 10.2 Å². The Hall–Kier alpha value is -1.57. The van der Waals surface area contributed by atoms with Crippen molar-refractivity contribution in [3.8, 4) is 0 Å². The van der Waals surface area contributed by atoms with E-state index in [0.29, 0.717) is 19.4 Å². The molecular formula is C12H18N2O5S. The lowest BCUT2D eigenvalue weighted by atomic mass is 9.92. The highest BCUT2D eigenvalue weighted by Gasteiger charge is 2.33. The number of hydrogen-bond acceptors (Lipinski definition) is 4. The lowest BCUT2D eigenvalue weighted by molar-refractivity contribution is -0.143. The van der Waals surface area contributed by atoms with Gasteiger partial charge in [0.2, 0.25) is 0 Å². The molecule has 0 aromatic rings. The first-order valence-electron chi connectivity index (χ1n) is 6.49. The van der Waals surface area contributed by atoms with Crippen molar-refractivity contribution < 1.29 is 23.1 Å². The van der Waals surface area contributed by atoms with Crippen molar-refractivity contribution in [2.45, 2.75) is 31.8 Å². The summed E-state index contributed by atoms with van der Waals surface area (Å²) in [5.41, 5.74) is 0. The number of carbonyl (C=O) groups excluding carboxylic acids is 1. The Morgan fingerprint density at radius 2 is 2.10 bits per heavy atom. The number of carboxylic acids is 1. The van der Waals surface area contributed by atoms with Crippen LogP contribution < -0.4 is 5.32 Å². The van der Waals surface area contributed by atoms with Crippen LogP contribution >= 0.6 is 0 Å². The van der Waals surface area contributed by atoms with Crippen LogP contribution in [-0.2, 0) is 14.6 Å². The predicted molar refractivity (Wildman–Crippen MR) is 71.8 cm³/mol. The van der Waals surface area contributed by atoms with Gasteiger partial charge in [0.1, 0.15) is 0 Å². The van der Waals surface area contributed by atoms with Gasteiger partial charge in [-0.25, -0.2) is 13.2 Å². The molecule has 2 heterocycles. The van der Waals surface area contributed by atoms with E-state index in [1.165, 1.54) is 6.08 Å². The number of nitrogens with zero attached hydrogens (tertiary/aromatic N) is 1. The monoisotopic (exact) mass is 302 g/mol. The number of likely N-dealkylation sites (tertiary alicyclic amines) is 1. The van der Waals surface area contributed by atoms with E-state index in [0.717, 1.165) is 5.41 Å². The number of hydrogen-bond donors (Lipinski definition) is 2. The molecule has 112 valence electrons. The van der Waals surface area contributed by atoms with Crippen LogP contribution in [0, 0.1) is 5.92 Å². The minimum absolute atomic E-state index is 0.112. The van der Waals surface area contributed by atoms with Gasteiger partial charge in [-0.2, -0.15) is 0 Å². The fourth-order valence-electron chi connectivity index (χ4n) is 2.61. The summed E-state index contributed by atoms with van der Waals surface area (Å²) < 4.78 is 22.5. The molecule has 0 bridgehead atoms. The Morgan fingerprint density at radius 3 is 2.60 bits per heavy atom. The van der Waals surface area contributed by atoms with Crippen molar-refractivity contribution in [2.75, 3.05) is 12.3 Å². The molecule has 2 rings (SSSR count). The number of piperidine rings is 1. The van der Waals surface area contributed by atoms with E-state index in [1.54, 1.807) is 11.8 Å². The molecule has 3 atom stereocenters. The molecule has 20 heavy (non-hydrogen) atoms. The Morgan fingerprint density at radius 1 is 1.40 bits per heavy atom. The standard InChI is InChI=1S/C12H18N2O5S/c1-8-6-9(11(15)16)2-4-14(8)12(17)13-10-3-5-20(18,19)7-10/h3,5,8-10H,2,4,6-7H2,1H3,(H,13,17)(H,15,16). The van der Waals surface area contributed by atoms with Crippen LogP contribution in [-0.4, -0.2) is 54.8 Å². The van der Waals surface area contributed by atoms with E-state index in [4.69, 9.17) is 5.11 Å². The maximum Gasteiger partial charge on any atom is 0.318 e. The molecule has 0 radical (unpaired) electrons. The van der Waals surface area contributed by atoms with Crippen LogP contribution in [0.15, 0.2) is 11.5 Å². The highest BCUT2D eigenvalue weighted by atomic mass is 32.2. The molecule has 2 N–H and O–H groups in total. The number of sulfone groups is 1. The summed E-state index contributed by atoms with van der Waals surface area (Å²) in [4.78, 5) is 24.6. The van der Waals surface area contributed by atoms with Gasteiger partial charge in [0, 0.05) is 18.0 Å². The number of nitrogens with one attached hydrogen (secondary N) is 1. The van der Waals surface area contributed by atoms with Crippen LogP contribution in [0.2, 0.25) is 0 Å². The topological polar surface area (TPSA) is 104 Å². The van der Waals surface area contributed by atoms with E-state index in [1.807, 2.05) is 0 Å². The molecule has 7 nitrogen and oxygen atoms in total. The molecule has 2 aliphatic heterocycles. The number of amides is 2. The first-order valence-corrected chi connectivity index (χ1v) is 8.21. The predicted octanol–water partition coefficient (Wildman–Crippen LogP) is 0.192. The molecule has 1 saturated heterocycles. The van der Waals surface area contributed by atoms with Gasteiger partial charge in [0.15, 0.2) is 9.84 Å². The van der Waals surface area contributed by atoms with E-state index in [2.05, 4.69) is 5.32 Å². The first kappa shape index (κ1) is 14.8. The molecule has 2 aliphatic rings. The molecule has 1 fully saturated rings. The van der Waals surface area contributed by atoms with Crippen LogP contribution in [0.1, 0.15) is 19.8 Å². The molecule has 8 heteroatoms. The van der Waals surface area contributed by atoms with Crippen molar-refractivity contribution in [1.29, 1.82) is 0 Å². The van der Waals surface area contributed by atoms with Gasteiger partial charge in [-0.15, -0.1) is 0 Å². The Labute approximate surface area is 117 Å². The van der Waals surface area contributed by atoms with Gasteiger partial charge in [0.25, 0.3) is 0 Å². The highest BCUT2D eigenvalue weighted by Crippen LogP contribution is 2.23. The molecular weight excluding hydrogens is 284 g/mol. The molecule has 0 saturated carbocycles. The average molecular weight is 302 g/mol. The van der Waals surface area contributed by atoms with Gasteiger partial charge in [0.05, 0.1) is 17.7 Å². The van der Waals surface area contributed by atoms with Crippen LogP contribution in [0.5, 0.6) is 0 Å². The zero-order valence-electron chi connectivity index (χ0n) is 11.2. The van der Waals surface area contributed by atoms with Crippen LogP contribution in [0.25, 0.3) is 0 Å². The zero-order valence-corrected chi connectivity index (χ0v) is 12.0. The zero-order chi connectivity index (χ0) is 14.9. The lowest BCUT2D eigenvalue weighted by Crippen LogP contribution is -2.52. The normalized spacial score (nSPS) is 32.0. The Kier molecular flexibility index (Phi) is 4.03. The second kappa shape index (κ2) is 5.43. The van der Waals surface area contributed by atoms with Gasteiger partial charge >= 0.3 is 12.0 Å². The fraction of sp³-hybridized carbons (Fsp3) is 0.667. The number of urea groups is 1. The van der Waals surface area contributed by atoms with E-state index < -0.39 is 27.8 Å². The molecule has 2 amide bonds. The lowest BCUT2D eigenvalue weighted by Gasteiger charge is -2.36. The molecule has 0 aromatic carbocycles. The van der Waals surface area contributed by atoms with Gasteiger partial charge in [-0.1, -0.05) is 0 Å². The minimum atomic E-state index is -3.20.